The van der Waals surface area contributed by atoms with Crippen LogP contribution in [0.1, 0.15) is 12.8 Å². The minimum absolute atomic E-state index is 0.215. The molecule has 0 bridgehead atoms. The predicted octanol–water partition coefficient (Wildman–Crippen LogP) is -0.258. The number of carbonyl (C=O) groups is 1. The van der Waals surface area contributed by atoms with E-state index in [2.05, 4.69) is 10.2 Å². The Morgan fingerprint density at radius 1 is 1.64 bits per heavy atom. The van der Waals surface area contributed by atoms with Gasteiger partial charge in [-0.1, -0.05) is 18.7 Å². The summed E-state index contributed by atoms with van der Waals surface area (Å²) >= 11 is 1.30. The summed E-state index contributed by atoms with van der Waals surface area (Å²) in [5.74, 6) is 0.366. The molecule has 1 heterocycles. The van der Waals surface area contributed by atoms with Gasteiger partial charge in [0, 0.05) is 11.7 Å². The Bertz CT molecular complexity index is 314. The molecule has 1 unspecified atom stereocenters. The van der Waals surface area contributed by atoms with E-state index in [0.717, 1.165) is 0 Å². The molecule has 0 fully saturated rings. The van der Waals surface area contributed by atoms with Gasteiger partial charge in [0.05, 0.1) is 6.54 Å². The summed E-state index contributed by atoms with van der Waals surface area (Å²) in [6.45, 7) is 1.97. The van der Waals surface area contributed by atoms with Gasteiger partial charge in [-0.05, 0) is 0 Å². The second-order valence-corrected chi connectivity index (χ2v) is 3.75. The Hall–Kier alpha value is -1.08. The van der Waals surface area contributed by atoms with Crippen LogP contribution in [-0.4, -0.2) is 21.9 Å². The first kappa shape index (κ1) is 11.0. The minimum atomic E-state index is -0.337. The van der Waals surface area contributed by atoms with Crippen molar-refractivity contribution in [1.29, 1.82) is 0 Å². The van der Waals surface area contributed by atoms with E-state index >= 15 is 0 Å². The number of rotatable bonds is 5. The maximum Gasteiger partial charge on any atom is 0.276 e. The SMILES string of the molecule is CC(CSc1nnc(CN)o1)C(N)=O. The van der Waals surface area contributed by atoms with Gasteiger partial charge in [-0.3, -0.25) is 4.79 Å². The molecule has 0 saturated heterocycles. The number of nitrogens with zero attached hydrogens (tertiary/aromatic N) is 2. The van der Waals surface area contributed by atoms with Gasteiger partial charge in [-0.25, -0.2) is 0 Å². The second kappa shape index (κ2) is 4.97. The molecule has 78 valence electrons. The summed E-state index contributed by atoms with van der Waals surface area (Å²) in [5, 5.41) is 7.83. The molecule has 1 aromatic rings. The second-order valence-electron chi connectivity index (χ2n) is 2.78. The molecule has 1 aromatic heterocycles. The summed E-state index contributed by atoms with van der Waals surface area (Å²) in [5.41, 5.74) is 10.4. The number of nitrogens with two attached hydrogens (primary N) is 2. The van der Waals surface area contributed by atoms with Crippen LogP contribution in [0.25, 0.3) is 0 Å². The molecule has 0 spiro atoms. The standard InChI is InChI=1S/C7H12N4O2S/c1-4(6(9)12)3-14-7-11-10-5(2-8)13-7/h4H,2-3,8H2,1H3,(H2,9,12). The summed E-state index contributed by atoms with van der Waals surface area (Å²) in [7, 11) is 0. The molecule has 0 saturated carbocycles. The van der Waals surface area contributed by atoms with Crippen molar-refractivity contribution in [3.8, 4) is 0 Å². The molecule has 0 radical (unpaired) electrons. The third-order valence-corrected chi connectivity index (χ3v) is 2.64. The van der Waals surface area contributed by atoms with Crippen LogP contribution in [0.3, 0.4) is 0 Å². The summed E-state index contributed by atoms with van der Waals surface area (Å²) in [4.78, 5) is 10.7. The molecular formula is C7H12N4O2S. The molecule has 1 rings (SSSR count). The van der Waals surface area contributed by atoms with Crippen molar-refractivity contribution >= 4 is 17.7 Å². The fourth-order valence-electron chi connectivity index (χ4n) is 0.657. The topological polar surface area (TPSA) is 108 Å². The minimum Gasteiger partial charge on any atom is -0.415 e. The van der Waals surface area contributed by atoms with E-state index in [4.69, 9.17) is 15.9 Å². The van der Waals surface area contributed by atoms with Crippen molar-refractivity contribution in [2.24, 2.45) is 17.4 Å². The van der Waals surface area contributed by atoms with Crippen LogP contribution in [-0.2, 0) is 11.3 Å². The number of amides is 1. The lowest BCUT2D eigenvalue weighted by Gasteiger charge is -2.02. The first-order chi connectivity index (χ1) is 6.63. The predicted molar refractivity (Wildman–Crippen MR) is 51.3 cm³/mol. The highest BCUT2D eigenvalue weighted by molar-refractivity contribution is 7.99. The molecule has 0 aliphatic carbocycles. The fourth-order valence-corrected chi connectivity index (χ4v) is 1.47. The molecule has 0 aromatic carbocycles. The number of carbonyl (C=O) groups excluding carboxylic acids is 1. The zero-order valence-corrected chi connectivity index (χ0v) is 8.58. The lowest BCUT2D eigenvalue weighted by molar-refractivity contribution is -0.120. The van der Waals surface area contributed by atoms with Crippen molar-refractivity contribution in [3.05, 3.63) is 5.89 Å². The lowest BCUT2D eigenvalue weighted by atomic mass is 10.2. The third-order valence-electron chi connectivity index (χ3n) is 1.57. The van der Waals surface area contributed by atoms with Crippen molar-refractivity contribution in [1.82, 2.24) is 10.2 Å². The van der Waals surface area contributed by atoms with Crippen molar-refractivity contribution in [3.63, 3.8) is 0 Å². The van der Waals surface area contributed by atoms with Gasteiger partial charge in [-0.2, -0.15) is 0 Å². The highest BCUT2D eigenvalue weighted by atomic mass is 32.2. The molecule has 0 aliphatic heterocycles. The molecule has 1 atom stereocenters. The quantitative estimate of drug-likeness (QED) is 0.656. The highest BCUT2D eigenvalue weighted by Gasteiger charge is 2.12. The van der Waals surface area contributed by atoms with Crippen LogP contribution < -0.4 is 11.5 Å². The maximum atomic E-state index is 10.7. The molecule has 4 N–H and O–H groups in total. The van der Waals surface area contributed by atoms with E-state index in [9.17, 15) is 4.79 Å². The average molecular weight is 216 g/mol. The van der Waals surface area contributed by atoms with E-state index in [0.29, 0.717) is 16.9 Å². The first-order valence-electron chi connectivity index (χ1n) is 4.08. The molecular weight excluding hydrogens is 204 g/mol. The average Bonchev–Trinajstić information content (AvgIpc) is 2.61. The van der Waals surface area contributed by atoms with Gasteiger partial charge in [0.1, 0.15) is 0 Å². The van der Waals surface area contributed by atoms with E-state index in [1.807, 2.05) is 0 Å². The van der Waals surface area contributed by atoms with Gasteiger partial charge < -0.3 is 15.9 Å². The van der Waals surface area contributed by atoms with Crippen molar-refractivity contribution in [2.45, 2.75) is 18.7 Å². The monoisotopic (exact) mass is 216 g/mol. The van der Waals surface area contributed by atoms with Crippen LogP contribution in [0.4, 0.5) is 0 Å². The normalized spacial score (nSPS) is 12.7. The summed E-state index contributed by atoms with van der Waals surface area (Å²) in [6.07, 6.45) is 0. The molecule has 14 heavy (non-hydrogen) atoms. The van der Waals surface area contributed by atoms with Crippen molar-refractivity contribution < 1.29 is 9.21 Å². The van der Waals surface area contributed by atoms with Crippen LogP contribution in [0.15, 0.2) is 9.64 Å². The van der Waals surface area contributed by atoms with E-state index in [1.165, 1.54) is 11.8 Å². The van der Waals surface area contributed by atoms with Crippen LogP contribution in [0, 0.1) is 5.92 Å². The molecule has 6 nitrogen and oxygen atoms in total. The Morgan fingerprint density at radius 3 is 2.86 bits per heavy atom. The van der Waals surface area contributed by atoms with Gasteiger partial charge in [0.25, 0.3) is 5.22 Å². The smallest absolute Gasteiger partial charge is 0.276 e. The Kier molecular flexibility index (Phi) is 3.90. The summed E-state index contributed by atoms with van der Waals surface area (Å²) < 4.78 is 5.13. The lowest BCUT2D eigenvalue weighted by Crippen LogP contribution is -2.22. The number of aromatic nitrogens is 2. The number of primary amides is 1. The largest absolute Gasteiger partial charge is 0.415 e. The molecule has 7 heteroatoms. The zero-order valence-electron chi connectivity index (χ0n) is 7.77. The molecule has 1 amide bonds. The van der Waals surface area contributed by atoms with Crippen LogP contribution >= 0.6 is 11.8 Å². The number of hydrogen-bond acceptors (Lipinski definition) is 6. The van der Waals surface area contributed by atoms with E-state index in [-0.39, 0.29) is 18.4 Å². The first-order valence-corrected chi connectivity index (χ1v) is 5.06. The maximum absolute atomic E-state index is 10.7. The summed E-state index contributed by atoms with van der Waals surface area (Å²) in [6, 6.07) is 0. The van der Waals surface area contributed by atoms with Gasteiger partial charge in [0.2, 0.25) is 11.8 Å². The Morgan fingerprint density at radius 2 is 2.36 bits per heavy atom. The number of thioether (sulfide) groups is 1. The molecule has 0 aliphatic rings. The Labute approximate surface area is 85.4 Å². The van der Waals surface area contributed by atoms with Crippen molar-refractivity contribution in [2.75, 3.05) is 5.75 Å². The zero-order chi connectivity index (χ0) is 10.6. The van der Waals surface area contributed by atoms with Crippen LogP contribution in [0.5, 0.6) is 0 Å². The number of hydrogen-bond donors (Lipinski definition) is 2. The third kappa shape index (κ3) is 3.00. The van der Waals surface area contributed by atoms with E-state index in [1.54, 1.807) is 6.92 Å². The van der Waals surface area contributed by atoms with Gasteiger partial charge in [-0.15, -0.1) is 10.2 Å². The van der Waals surface area contributed by atoms with Gasteiger partial charge in [0.15, 0.2) is 0 Å². The Balaban J connectivity index is 2.41. The van der Waals surface area contributed by atoms with Crippen LogP contribution in [0.2, 0.25) is 0 Å². The van der Waals surface area contributed by atoms with E-state index < -0.39 is 0 Å². The van der Waals surface area contributed by atoms with Gasteiger partial charge >= 0.3 is 0 Å². The fraction of sp³-hybridized carbons (Fsp3) is 0.571. The highest BCUT2D eigenvalue weighted by Crippen LogP contribution is 2.18.